The first-order valence-corrected chi connectivity index (χ1v) is 6.50. The van der Waals surface area contributed by atoms with E-state index in [1.165, 1.54) is 0 Å². The SMILES string of the molecule is NCC1CCCCCN1C(=O)CCOCC(F)F. The molecule has 0 radical (unpaired) electrons. The van der Waals surface area contributed by atoms with Gasteiger partial charge in [0.05, 0.1) is 13.0 Å². The summed E-state index contributed by atoms with van der Waals surface area (Å²) in [6.45, 7) is 0.629. The number of nitrogens with two attached hydrogens (primary N) is 1. The van der Waals surface area contributed by atoms with Gasteiger partial charge in [0, 0.05) is 19.1 Å². The van der Waals surface area contributed by atoms with Crippen LogP contribution in [0.4, 0.5) is 8.78 Å². The first-order valence-electron chi connectivity index (χ1n) is 6.50. The Kier molecular flexibility index (Phi) is 7.12. The third-order valence-corrected chi connectivity index (χ3v) is 3.17. The number of nitrogens with zero attached hydrogens (tertiary/aromatic N) is 1. The molecule has 2 N–H and O–H groups in total. The van der Waals surface area contributed by atoms with Gasteiger partial charge in [-0.25, -0.2) is 8.78 Å². The lowest BCUT2D eigenvalue weighted by Crippen LogP contribution is -2.44. The molecular formula is C12H22F2N2O2. The van der Waals surface area contributed by atoms with Gasteiger partial charge in [-0.3, -0.25) is 4.79 Å². The number of hydrogen-bond donors (Lipinski definition) is 1. The summed E-state index contributed by atoms with van der Waals surface area (Å²) in [6, 6.07) is 0.0927. The van der Waals surface area contributed by atoms with Crippen LogP contribution in [0.15, 0.2) is 0 Å². The third kappa shape index (κ3) is 5.27. The molecule has 0 aliphatic carbocycles. The van der Waals surface area contributed by atoms with Gasteiger partial charge in [-0.1, -0.05) is 12.8 Å². The maximum Gasteiger partial charge on any atom is 0.261 e. The summed E-state index contributed by atoms with van der Waals surface area (Å²) in [5.41, 5.74) is 5.67. The van der Waals surface area contributed by atoms with E-state index >= 15 is 0 Å². The predicted molar refractivity (Wildman–Crippen MR) is 64.5 cm³/mol. The highest BCUT2D eigenvalue weighted by Crippen LogP contribution is 2.17. The second-order valence-electron chi connectivity index (χ2n) is 4.54. The van der Waals surface area contributed by atoms with E-state index in [1.54, 1.807) is 4.90 Å². The molecule has 0 aromatic carbocycles. The van der Waals surface area contributed by atoms with E-state index in [9.17, 15) is 13.6 Å². The summed E-state index contributed by atoms with van der Waals surface area (Å²) in [5, 5.41) is 0. The van der Waals surface area contributed by atoms with E-state index in [0.717, 1.165) is 32.2 Å². The highest BCUT2D eigenvalue weighted by molar-refractivity contribution is 5.76. The van der Waals surface area contributed by atoms with Crippen LogP contribution in [0.3, 0.4) is 0 Å². The number of alkyl halides is 2. The summed E-state index contributed by atoms with van der Waals surface area (Å²) in [4.78, 5) is 13.8. The van der Waals surface area contributed by atoms with Crippen molar-refractivity contribution in [3.63, 3.8) is 0 Å². The molecule has 0 aromatic rings. The van der Waals surface area contributed by atoms with Crippen molar-refractivity contribution < 1.29 is 18.3 Å². The van der Waals surface area contributed by atoms with E-state index in [1.807, 2.05) is 0 Å². The van der Waals surface area contributed by atoms with Crippen molar-refractivity contribution in [2.24, 2.45) is 5.73 Å². The van der Waals surface area contributed by atoms with E-state index < -0.39 is 13.0 Å². The molecule has 1 heterocycles. The summed E-state index contributed by atoms with van der Waals surface area (Å²) >= 11 is 0. The first kappa shape index (κ1) is 15.3. The van der Waals surface area contributed by atoms with E-state index in [2.05, 4.69) is 0 Å². The standard InChI is InChI=1S/C12H22F2N2O2/c13-11(14)9-18-7-5-12(17)16-6-3-1-2-4-10(16)8-15/h10-11H,1-9,15H2. The zero-order valence-corrected chi connectivity index (χ0v) is 10.6. The summed E-state index contributed by atoms with van der Waals surface area (Å²) < 4.78 is 28.4. The number of hydrogen-bond acceptors (Lipinski definition) is 3. The average molecular weight is 264 g/mol. The van der Waals surface area contributed by atoms with Gasteiger partial charge in [0.1, 0.15) is 6.61 Å². The van der Waals surface area contributed by atoms with E-state index in [-0.39, 0.29) is 25.0 Å². The van der Waals surface area contributed by atoms with Gasteiger partial charge >= 0.3 is 0 Å². The Morgan fingerprint density at radius 3 is 2.83 bits per heavy atom. The van der Waals surface area contributed by atoms with Crippen molar-refractivity contribution in [2.75, 3.05) is 26.3 Å². The molecule has 1 rings (SSSR count). The van der Waals surface area contributed by atoms with Gasteiger partial charge in [-0.05, 0) is 12.8 Å². The Balaban J connectivity index is 2.33. The van der Waals surface area contributed by atoms with Gasteiger partial charge in [-0.15, -0.1) is 0 Å². The Morgan fingerprint density at radius 2 is 2.17 bits per heavy atom. The third-order valence-electron chi connectivity index (χ3n) is 3.17. The van der Waals surface area contributed by atoms with Crippen LogP contribution in [0.2, 0.25) is 0 Å². The first-order chi connectivity index (χ1) is 8.65. The molecule has 1 saturated heterocycles. The summed E-state index contributed by atoms with van der Waals surface area (Å²) in [5.74, 6) is -0.0402. The fourth-order valence-corrected chi connectivity index (χ4v) is 2.23. The lowest BCUT2D eigenvalue weighted by Gasteiger charge is -2.29. The summed E-state index contributed by atoms with van der Waals surface area (Å²) in [6.07, 6.45) is 1.80. The Morgan fingerprint density at radius 1 is 1.39 bits per heavy atom. The fraction of sp³-hybridized carbons (Fsp3) is 0.917. The normalized spacial score (nSPS) is 21.1. The van der Waals surface area contributed by atoms with Gasteiger partial charge in [0.2, 0.25) is 5.91 Å². The smallest absolute Gasteiger partial charge is 0.261 e. The minimum Gasteiger partial charge on any atom is -0.375 e. The minimum absolute atomic E-state index is 0.0402. The molecule has 1 aliphatic heterocycles. The van der Waals surface area contributed by atoms with E-state index in [4.69, 9.17) is 10.5 Å². The van der Waals surface area contributed by atoms with Crippen LogP contribution in [-0.2, 0) is 9.53 Å². The molecule has 106 valence electrons. The van der Waals surface area contributed by atoms with Crippen molar-refractivity contribution in [2.45, 2.75) is 44.6 Å². The number of rotatable bonds is 6. The zero-order valence-electron chi connectivity index (χ0n) is 10.6. The molecule has 0 saturated carbocycles. The molecule has 18 heavy (non-hydrogen) atoms. The number of halogens is 2. The molecule has 6 heteroatoms. The van der Waals surface area contributed by atoms with Crippen LogP contribution in [-0.4, -0.2) is 49.6 Å². The van der Waals surface area contributed by atoms with Gasteiger partial charge < -0.3 is 15.4 Å². The highest BCUT2D eigenvalue weighted by Gasteiger charge is 2.23. The van der Waals surface area contributed by atoms with Crippen LogP contribution >= 0.6 is 0 Å². The van der Waals surface area contributed by atoms with Crippen molar-refractivity contribution in [1.82, 2.24) is 4.90 Å². The Bertz CT molecular complexity index is 252. The molecule has 0 spiro atoms. The topological polar surface area (TPSA) is 55.6 Å². The second kappa shape index (κ2) is 8.37. The number of ether oxygens (including phenoxy) is 1. The average Bonchev–Trinajstić information content (AvgIpc) is 2.59. The maximum atomic E-state index is 12.0. The molecular weight excluding hydrogens is 242 g/mol. The Hall–Kier alpha value is -0.750. The van der Waals surface area contributed by atoms with Crippen molar-refractivity contribution >= 4 is 5.91 Å². The number of amides is 1. The summed E-state index contributed by atoms with van der Waals surface area (Å²) in [7, 11) is 0. The van der Waals surface area contributed by atoms with Crippen LogP contribution in [0, 0.1) is 0 Å². The minimum atomic E-state index is -2.48. The molecule has 4 nitrogen and oxygen atoms in total. The lowest BCUT2D eigenvalue weighted by atomic mass is 10.1. The van der Waals surface area contributed by atoms with E-state index in [0.29, 0.717) is 6.54 Å². The molecule has 1 fully saturated rings. The van der Waals surface area contributed by atoms with Crippen LogP contribution in [0.1, 0.15) is 32.1 Å². The van der Waals surface area contributed by atoms with Gasteiger partial charge in [0.25, 0.3) is 6.43 Å². The monoisotopic (exact) mass is 264 g/mol. The number of carbonyl (C=O) groups excluding carboxylic acids is 1. The van der Waals surface area contributed by atoms with Crippen molar-refractivity contribution in [3.05, 3.63) is 0 Å². The number of likely N-dealkylation sites (tertiary alicyclic amines) is 1. The molecule has 1 unspecified atom stereocenters. The quantitative estimate of drug-likeness (QED) is 0.738. The highest BCUT2D eigenvalue weighted by atomic mass is 19.3. The second-order valence-corrected chi connectivity index (χ2v) is 4.54. The number of carbonyl (C=O) groups is 1. The molecule has 0 bridgehead atoms. The van der Waals surface area contributed by atoms with Gasteiger partial charge in [-0.2, -0.15) is 0 Å². The van der Waals surface area contributed by atoms with Gasteiger partial charge in [0.15, 0.2) is 0 Å². The maximum absolute atomic E-state index is 12.0. The van der Waals surface area contributed by atoms with Crippen molar-refractivity contribution in [3.8, 4) is 0 Å². The zero-order chi connectivity index (χ0) is 13.4. The lowest BCUT2D eigenvalue weighted by molar-refractivity contribution is -0.134. The van der Waals surface area contributed by atoms with Crippen LogP contribution < -0.4 is 5.73 Å². The van der Waals surface area contributed by atoms with Crippen molar-refractivity contribution in [1.29, 1.82) is 0 Å². The molecule has 1 atom stereocenters. The molecule has 1 aliphatic rings. The fourth-order valence-electron chi connectivity index (χ4n) is 2.23. The predicted octanol–water partition coefficient (Wildman–Crippen LogP) is 1.39. The molecule has 0 aromatic heterocycles. The van der Waals surface area contributed by atoms with Crippen LogP contribution in [0.25, 0.3) is 0 Å². The molecule has 1 amide bonds. The Labute approximate surface area is 106 Å². The van der Waals surface area contributed by atoms with Crippen LogP contribution in [0.5, 0.6) is 0 Å². The largest absolute Gasteiger partial charge is 0.375 e.